The van der Waals surface area contributed by atoms with Gasteiger partial charge in [0.1, 0.15) is 23.0 Å². The van der Waals surface area contributed by atoms with E-state index in [1.807, 2.05) is 6.92 Å². The van der Waals surface area contributed by atoms with Crippen LogP contribution >= 0.6 is 0 Å². The van der Waals surface area contributed by atoms with Crippen molar-refractivity contribution in [2.75, 3.05) is 41.1 Å². The van der Waals surface area contributed by atoms with Gasteiger partial charge >= 0.3 is 0 Å². The summed E-state index contributed by atoms with van der Waals surface area (Å²) in [6.07, 6.45) is 1.42. The molecular formula is C26H31NO7. The molecule has 34 heavy (non-hydrogen) atoms. The van der Waals surface area contributed by atoms with Gasteiger partial charge < -0.3 is 29.0 Å². The molecule has 0 bridgehead atoms. The molecule has 0 aromatic heterocycles. The van der Waals surface area contributed by atoms with Crippen LogP contribution in [0.5, 0.6) is 17.2 Å². The third kappa shape index (κ3) is 5.17. The number of hydrogen-bond donors (Lipinski definition) is 1. The van der Waals surface area contributed by atoms with Gasteiger partial charge in [-0.15, -0.1) is 0 Å². The van der Waals surface area contributed by atoms with Gasteiger partial charge in [-0.05, 0) is 48.7 Å². The normalized spacial score (nSPS) is 17.2. The molecule has 1 aliphatic heterocycles. The number of carbonyl (C=O) groups is 2. The fourth-order valence-electron chi connectivity index (χ4n) is 3.95. The number of rotatable bonds is 11. The van der Waals surface area contributed by atoms with E-state index in [0.717, 1.165) is 6.42 Å². The van der Waals surface area contributed by atoms with Crippen molar-refractivity contribution >= 4 is 17.4 Å². The molecule has 0 spiro atoms. The Kier molecular flexibility index (Phi) is 8.54. The molecule has 8 heteroatoms. The largest absolute Gasteiger partial charge is 0.507 e. The molecule has 8 nitrogen and oxygen atoms in total. The smallest absolute Gasteiger partial charge is 0.295 e. The van der Waals surface area contributed by atoms with Gasteiger partial charge in [-0.1, -0.05) is 19.1 Å². The molecule has 182 valence electrons. The predicted molar refractivity (Wildman–Crippen MR) is 127 cm³/mol. The molecule has 1 unspecified atom stereocenters. The summed E-state index contributed by atoms with van der Waals surface area (Å²) in [5.41, 5.74) is 0.949. The number of carbonyl (C=O) groups excluding carboxylic acids is 2. The highest BCUT2D eigenvalue weighted by molar-refractivity contribution is 6.46. The molecule has 0 saturated carbocycles. The van der Waals surface area contributed by atoms with Gasteiger partial charge in [0.15, 0.2) is 0 Å². The first kappa shape index (κ1) is 25.1. The Hall–Kier alpha value is -3.52. The number of nitrogens with zero attached hydrogens (tertiary/aromatic N) is 1. The van der Waals surface area contributed by atoms with Gasteiger partial charge in [0.25, 0.3) is 11.7 Å². The molecular weight excluding hydrogens is 438 g/mol. The molecule has 1 saturated heterocycles. The standard InChI is InChI=1S/C26H31NO7/c1-5-14-34-18-9-7-17(8-10-18)23-22(25(29)26(30)27(23)13-6-15-31-2)24(28)20-16-19(32-3)11-12-21(20)33-4/h7-12,16,23,28H,5-6,13-15H2,1-4H3/b24-22+. The third-order valence-corrected chi connectivity index (χ3v) is 5.62. The number of hydrogen-bond acceptors (Lipinski definition) is 7. The molecule has 3 rings (SSSR count). The molecule has 0 aliphatic carbocycles. The molecule has 2 aromatic rings. The first-order chi connectivity index (χ1) is 16.5. The molecule has 1 N–H and O–H groups in total. The van der Waals surface area contributed by atoms with Crippen molar-refractivity contribution in [2.45, 2.75) is 25.8 Å². The zero-order valence-corrected chi connectivity index (χ0v) is 20.0. The summed E-state index contributed by atoms with van der Waals surface area (Å²) < 4.78 is 21.5. The van der Waals surface area contributed by atoms with Crippen LogP contribution in [0.3, 0.4) is 0 Å². The number of likely N-dealkylation sites (tertiary alicyclic amines) is 1. The van der Waals surface area contributed by atoms with E-state index in [2.05, 4.69) is 0 Å². The number of ether oxygens (including phenoxy) is 4. The number of ketones is 1. The van der Waals surface area contributed by atoms with Crippen LogP contribution in [0.25, 0.3) is 5.76 Å². The Morgan fingerprint density at radius 3 is 2.29 bits per heavy atom. The maximum absolute atomic E-state index is 13.2. The lowest BCUT2D eigenvalue weighted by Crippen LogP contribution is -2.31. The highest BCUT2D eigenvalue weighted by Gasteiger charge is 2.46. The Balaban J connectivity index is 2.13. The maximum Gasteiger partial charge on any atom is 0.295 e. The number of benzene rings is 2. The minimum Gasteiger partial charge on any atom is -0.507 e. The second-order valence-electron chi connectivity index (χ2n) is 7.82. The highest BCUT2D eigenvalue weighted by Crippen LogP contribution is 2.42. The SMILES string of the molecule is CCCOc1ccc(C2/C(=C(\O)c3cc(OC)ccc3OC)C(=O)C(=O)N2CCCOC)cc1. The van der Waals surface area contributed by atoms with Crippen molar-refractivity contribution in [3.63, 3.8) is 0 Å². The van der Waals surface area contributed by atoms with Crippen LogP contribution in [0, 0.1) is 0 Å². The summed E-state index contributed by atoms with van der Waals surface area (Å²) in [6.45, 7) is 3.34. The summed E-state index contributed by atoms with van der Waals surface area (Å²) in [4.78, 5) is 27.7. The summed E-state index contributed by atoms with van der Waals surface area (Å²) in [6, 6.07) is 11.3. The third-order valence-electron chi connectivity index (χ3n) is 5.62. The molecule has 2 aromatic carbocycles. The number of methoxy groups -OCH3 is 3. The zero-order chi connectivity index (χ0) is 24.7. The number of aliphatic hydroxyl groups is 1. The highest BCUT2D eigenvalue weighted by atomic mass is 16.5. The average molecular weight is 470 g/mol. The maximum atomic E-state index is 13.2. The fraction of sp³-hybridized carbons (Fsp3) is 0.385. The Labute approximate surface area is 199 Å². The van der Waals surface area contributed by atoms with E-state index < -0.39 is 17.7 Å². The van der Waals surface area contributed by atoms with Crippen molar-refractivity contribution in [1.29, 1.82) is 0 Å². The van der Waals surface area contributed by atoms with Gasteiger partial charge in [-0.3, -0.25) is 9.59 Å². The van der Waals surface area contributed by atoms with Gasteiger partial charge in [-0.2, -0.15) is 0 Å². The zero-order valence-electron chi connectivity index (χ0n) is 20.0. The van der Waals surface area contributed by atoms with Crippen molar-refractivity contribution < 1.29 is 33.6 Å². The van der Waals surface area contributed by atoms with Gasteiger partial charge in [-0.25, -0.2) is 0 Å². The van der Waals surface area contributed by atoms with Crippen LogP contribution in [-0.2, 0) is 14.3 Å². The van der Waals surface area contributed by atoms with Crippen LogP contribution < -0.4 is 14.2 Å². The Morgan fingerprint density at radius 2 is 1.68 bits per heavy atom. The molecule has 1 amide bonds. The van der Waals surface area contributed by atoms with E-state index >= 15 is 0 Å². The lowest BCUT2D eigenvalue weighted by molar-refractivity contribution is -0.140. The van der Waals surface area contributed by atoms with E-state index in [0.29, 0.717) is 49.0 Å². The van der Waals surface area contributed by atoms with Gasteiger partial charge in [0.2, 0.25) is 0 Å². The van der Waals surface area contributed by atoms with E-state index in [4.69, 9.17) is 18.9 Å². The summed E-state index contributed by atoms with van der Waals surface area (Å²) in [7, 11) is 4.55. The van der Waals surface area contributed by atoms with Crippen LogP contribution in [-0.4, -0.2) is 62.8 Å². The quantitative estimate of drug-likeness (QED) is 0.230. The number of amides is 1. The van der Waals surface area contributed by atoms with Crippen LogP contribution in [0.1, 0.15) is 36.9 Å². The van der Waals surface area contributed by atoms with E-state index in [1.165, 1.54) is 19.1 Å². The van der Waals surface area contributed by atoms with E-state index in [1.54, 1.807) is 49.6 Å². The van der Waals surface area contributed by atoms with Crippen molar-refractivity contribution in [3.05, 3.63) is 59.2 Å². The lowest BCUT2D eigenvalue weighted by atomic mass is 9.94. The second kappa shape index (κ2) is 11.6. The van der Waals surface area contributed by atoms with Crippen molar-refractivity contribution in [2.24, 2.45) is 0 Å². The fourth-order valence-corrected chi connectivity index (χ4v) is 3.95. The molecule has 0 radical (unpaired) electrons. The summed E-state index contributed by atoms with van der Waals surface area (Å²) >= 11 is 0. The summed E-state index contributed by atoms with van der Waals surface area (Å²) in [5.74, 6) is -0.223. The topological polar surface area (TPSA) is 94.5 Å². The second-order valence-corrected chi connectivity index (χ2v) is 7.82. The molecule has 1 atom stereocenters. The van der Waals surface area contributed by atoms with Crippen LogP contribution in [0.2, 0.25) is 0 Å². The molecule has 1 heterocycles. The molecule has 1 aliphatic rings. The minimum absolute atomic E-state index is 0.00352. The van der Waals surface area contributed by atoms with Crippen molar-refractivity contribution in [3.8, 4) is 17.2 Å². The lowest BCUT2D eigenvalue weighted by Gasteiger charge is -2.25. The number of Topliss-reactive ketones (excluding diaryl/α,β-unsaturated/α-hetero) is 1. The minimum atomic E-state index is -0.770. The Bertz CT molecular complexity index is 1050. The predicted octanol–water partition coefficient (Wildman–Crippen LogP) is 3.95. The first-order valence-corrected chi connectivity index (χ1v) is 11.2. The molecule has 1 fully saturated rings. The van der Waals surface area contributed by atoms with E-state index in [9.17, 15) is 14.7 Å². The first-order valence-electron chi connectivity index (χ1n) is 11.2. The average Bonchev–Trinajstić information content (AvgIpc) is 3.12. The van der Waals surface area contributed by atoms with Gasteiger partial charge in [0, 0.05) is 20.3 Å². The van der Waals surface area contributed by atoms with Gasteiger partial charge in [0.05, 0.1) is 38.0 Å². The van der Waals surface area contributed by atoms with Crippen LogP contribution in [0.15, 0.2) is 48.0 Å². The van der Waals surface area contributed by atoms with Crippen LogP contribution in [0.4, 0.5) is 0 Å². The summed E-state index contributed by atoms with van der Waals surface area (Å²) in [5, 5.41) is 11.3. The van der Waals surface area contributed by atoms with Crippen molar-refractivity contribution in [1.82, 2.24) is 4.90 Å². The van der Waals surface area contributed by atoms with E-state index in [-0.39, 0.29) is 16.9 Å². The number of aliphatic hydroxyl groups excluding tert-OH is 1. The Morgan fingerprint density at radius 1 is 0.971 bits per heavy atom. The monoisotopic (exact) mass is 469 g/mol.